The van der Waals surface area contributed by atoms with E-state index in [-0.39, 0.29) is 24.3 Å². The van der Waals surface area contributed by atoms with Crippen molar-refractivity contribution in [3.63, 3.8) is 0 Å². The summed E-state index contributed by atoms with van der Waals surface area (Å²) < 4.78 is 5.45. The van der Waals surface area contributed by atoms with Gasteiger partial charge in [0.15, 0.2) is 0 Å². The Balaban J connectivity index is 2.95. The van der Waals surface area contributed by atoms with E-state index < -0.39 is 6.04 Å². The normalized spacial score (nSPS) is 17.9. The van der Waals surface area contributed by atoms with Crippen LogP contribution < -0.4 is 5.32 Å². The Morgan fingerprint density at radius 2 is 2.16 bits per heavy atom. The number of rotatable bonds is 9. The van der Waals surface area contributed by atoms with Gasteiger partial charge in [-0.05, 0) is 18.8 Å². The third-order valence-corrected chi connectivity index (χ3v) is 4.13. The molecule has 2 amide bonds. The van der Waals surface area contributed by atoms with Crippen molar-refractivity contribution in [2.45, 2.75) is 65.0 Å². The molecule has 0 radical (unpaired) electrons. The third-order valence-electron chi connectivity index (χ3n) is 4.13. The topological polar surface area (TPSA) is 58.6 Å². The molecule has 25 heavy (non-hydrogen) atoms. The molecule has 1 N–H and O–H groups in total. The predicted octanol–water partition coefficient (Wildman–Crippen LogP) is 2.99. The van der Waals surface area contributed by atoms with Crippen LogP contribution >= 0.6 is 0 Å². The van der Waals surface area contributed by atoms with Crippen molar-refractivity contribution in [2.24, 2.45) is 5.92 Å². The Bertz CT molecular complexity index is 572. The van der Waals surface area contributed by atoms with E-state index in [2.05, 4.69) is 31.7 Å². The molecule has 1 heterocycles. The first-order valence-electron chi connectivity index (χ1n) is 8.86. The monoisotopic (exact) mass is 346 g/mol. The number of nitrogens with zero attached hydrogens (tertiary/aromatic N) is 1. The molecule has 1 aliphatic heterocycles. The minimum Gasteiger partial charge on any atom is -0.499 e. The first-order chi connectivity index (χ1) is 11.8. The van der Waals surface area contributed by atoms with Gasteiger partial charge in [0.05, 0.1) is 13.2 Å². The lowest BCUT2D eigenvalue weighted by Gasteiger charge is -2.31. The summed E-state index contributed by atoms with van der Waals surface area (Å²) in [5.74, 6) is 3.22. The van der Waals surface area contributed by atoms with E-state index in [1.165, 1.54) is 0 Å². The van der Waals surface area contributed by atoms with Gasteiger partial charge in [-0.2, -0.15) is 0 Å². The minimum absolute atomic E-state index is 0.144. The Labute approximate surface area is 151 Å². The van der Waals surface area contributed by atoms with E-state index in [1.807, 2.05) is 6.92 Å². The highest BCUT2D eigenvalue weighted by atomic mass is 16.5. The maximum atomic E-state index is 13.1. The van der Waals surface area contributed by atoms with Crippen LogP contribution in [0.4, 0.5) is 0 Å². The average Bonchev–Trinajstić information content (AvgIpc) is 2.86. The highest BCUT2D eigenvalue weighted by Gasteiger charge is 2.38. The molecule has 138 valence electrons. The van der Waals surface area contributed by atoms with Crippen molar-refractivity contribution in [2.75, 3.05) is 7.11 Å². The van der Waals surface area contributed by atoms with Crippen molar-refractivity contribution < 1.29 is 14.3 Å². The molecule has 0 fully saturated rings. The second-order valence-corrected chi connectivity index (χ2v) is 6.71. The van der Waals surface area contributed by atoms with Gasteiger partial charge in [-0.1, -0.05) is 33.8 Å². The quantitative estimate of drug-likeness (QED) is 0.653. The Morgan fingerprint density at radius 1 is 1.48 bits per heavy atom. The van der Waals surface area contributed by atoms with Crippen LogP contribution in [0.3, 0.4) is 0 Å². The number of carbonyl (C=O) groups excluding carboxylic acids is 2. The lowest BCUT2D eigenvalue weighted by molar-refractivity contribution is -0.136. The fourth-order valence-corrected chi connectivity index (χ4v) is 2.98. The first-order valence-corrected chi connectivity index (χ1v) is 8.86. The van der Waals surface area contributed by atoms with E-state index in [1.54, 1.807) is 18.1 Å². The standard InChI is InChI=1S/C20H30N2O3/c1-7-9-11-19(23)21-16(10-8-2)20(24)22-15(5)13-18(25-6)17(22)12-14(3)4/h1,13-14,16-17H,5,8-12H2,2-4,6H3,(H,21,23)/t16-,17?/m1/s1. The van der Waals surface area contributed by atoms with Crippen molar-refractivity contribution in [1.82, 2.24) is 10.2 Å². The zero-order chi connectivity index (χ0) is 19.0. The number of ether oxygens (including phenoxy) is 1. The predicted molar refractivity (Wildman–Crippen MR) is 99.2 cm³/mol. The molecule has 5 heteroatoms. The molecular formula is C20H30N2O3. The number of amides is 2. The molecular weight excluding hydrogens is 316 g/mol. The molecule has 0 aliphatic carbocycles. The number of hydrogen-bond donors (Lipinski definition) is 1. The van der Waals surface area contributed by atoms with Gasteiger partial charge in [0.1, 0.15) is 11.8 Å². The zero-order valence-corrected chi connectivity index (χ0v) is 15.8. The molecule has 0 saturated heterocycles. The van der Waals surface area contributed by atoms with Crippen molar-refractivity contribution >= 4 is 11.8 Å². The molecule has 0 aromatic carbocycles. The number of methoxy groups -OCH3 is 1. The van der Waals surface area contributed by atoms with Gasteiger partial charge < -0.3 is 15.0 Å². The van der Waals surface area contributed by atoms with Gasteiger partial charge in [0.2, 0.25) is 11.8 Å². The molecule has 0 spiro atoms. The fourth-order valence-electron chi connectivity index (χ4n) is 2.98. The Kier molecular flexibility index (Phi) is 8.27. The van der Waals surface area contributed by atoms with Gasteiger partial charge >= 0.3 is 0 Å². The van der Waals surface area contributed by atoms with Crippen LogP contribution in [-0.4, -0.2) is 35.9 Å². The van der Waals surface area contributed by atoms with E-state index in [9.17, 15) is 9.59 Å². The summed E-state index contributed by atoms with van der Waals surface area (Å²) >= 11 is 0. The van der Waals surface area contributed by atoms with E-state index in [0.29, 0.717) is 24.5 Å². The summed E-state index contributed by atoms with van der Waals surface area (Å²) in [6.45, 7) is 10.2. The summed E-state index contributed by atoms with van der Waals surface area (Å²) in [6, 6.07) is -0.752. The second kappa shape index (κ2) is 9.93. The van der Waals surface area contributed by atoms with E-state index in [0.717, 1.165) is 18.6 Å². The SMILES string of the molecule is C#CCCC(=O)N[C@H](CCC)C(=O)N1C(=C)C=C(OC)C1CC(C)C. The van der Waals surface area contributed by atoms with Crippen molar-refractivity contribution in [3.05, 3.63) is 24.1 Å². The summed E-state index contributed by atoms with van der Waals surface area (Å²) in [4.78, 5) is 26.8. The Hall–Kier alpha value is -2.22. The molecule has 2 atom stereocenters. The molecule has 5 nitrogen and oxygen atoms in total. The molecule has 0 aromatic rings. The smallest absolute Gasteiger partial charge is 0.250 e. The number of terminal acetylenes is 1. The molecule has 0 aromatic heterocycles. The van der Waals surface area contributed by atoms with Crippen LogP contribution in [0.1, 0.15) is 52.9 Å². The summed E-state index contributed by atoms with van der Waals surface area (Å²) in [5.41, 5.74) is 0.603. The maximum absolute atomic E-state index is 13.1. The van der Waals surface area contributed by atoms with Crippen LogP contribution in [-0.2, 0) is 14.3 Å². The largest absolute Gasteiger partial charge is 0.499 e. The maximum Gasteiger partial charge on any atom is 0.250 e. The first kappa shape index (κ1) is 20.8. The number of carbonyl (C=O) groups is 2. The van der Waals surface area contributed by atoms with Gasteiger partial charge in [-0.3, -0.25) is 9.59 Å². The van der Waals surface area contributed by atoms with Crippen LogP contribution in [0.15, 0.2) is 24.1 Å². The van der Waals surface area contributed by atoms with Gasteiger partial charge in [-0.15, -0.1) is 12.3 Å². The molecule has 0 saturated carbocycles. The number of hydrogen-bond acceptors (Lipinski definition) is 3. The second-order valence-electron chi connectivity index (χ2n) is 6.71. The van der Waals surface area contributed by atoms with E-state index >= 15 is 0 Å². The lowest BCUT2D eigenvalue weighted by Crippen LogP contribution is -2.50. The van der Waals surface area contributed by atoms with Gasteiger partial charge in [0.25, 0.3) is 0 Å². The van der Waals surface area contributed by atoms with Crippen LogP contribution in [0, 0.1) is 18.3 Å². The Morgan fingerprint density at radius 3 is 2.68 bits per heavy atom. The molecule has 0 bridgehead atoms. The van der Waals surface area contributed by atoms with Crippen molar-refractivity contribution in [3.8, 4) is 12.3 Å². The minimum atomic E-state index is -0.578. The van der Waals surface area contributed by atoms with Gasteiger partial charge in [0, 0.05) is 24.6 Å². The molecule has 1 aliphatic rings. The van der Waals surface area contributed by atoms with Crippen molar-refractivity contribution in [1.29, 1.82) is 0 Å². The number of nitrogens with one attached hydrogen (secondary N) is 1. The lowest BCUT2D eigenvalue weighted by atomic mass is 10.0. The summed E-state index contributed by atoms with van der Waals surface area (Å²) in [7, 11) is 1.60. The van der Waals surface area contributed by atoms with Crippen LogP contribution in [0.5, 0.6) is 0 Å². The third kappa shape index (κ3) is 5.67. The van der Waals surface area contributed by atoms with Crippen LogP contribution in [0.2, 0.25) is 0 Å². The fraction of sp³-hybridized carbons (Fsp3) is 0.600. The highest BCUT2D eigenvalue weighted by molar-refractivity contribution is 5.89. The molecule has 1 unspecified atom stereocenters. The summed E-state index contributed by atoms with van der Waals surface area (Å²) in [5, 5.41) is 2.83. The summed E-state index contributed by atoms with van der Waals surface area (Å²) in [6.07, 6.45) is 9.71. The zero-order valence-electron chi connectivity index (χ0n) is 15.8. The van der Waals surface area contributed by atoms with Gasteiger partial charge in [-0.25, -0.2) is 0 Å². The molecule has 1 rings (SSSR count). The number of allylic oxidation sites excluding steroid dienone is 1. The average molecular weight is 346 g/mol. The van der Waals surface area contributed by atoms with E-state index in [4.69, 9.17) is 11.2 Å². The highest BCUT2D eigenvalue weighted by Crippen LogP contribution is 2.31. The van der Waals surface area contributed by atoms with Crippen LogP contribution in [0.25, 0.3) is 0 Å².